The van der Waals surface area contributed by atoms with Gasteiger partial charge < -0.3 is 10.5 Å². The standard InChI is InChI=1S/C16H33N3O2S/c1-12(22-5)14(15(20)21-16(2,3)4)18-11-19-8-6-13(10-17)7-9-19/h12-14,18H,6-11,17H2,1-5H3/t12-,14+/m1/s1. The predicted molar refractivity (Wildman–Crippen MR) is 94.0 cm³/mol. The number of hydrogen-bond donors (Lipinski definition) is 2. The minimum atomic E-state index is -0.450. The highest BCUT2D eigenvalue weighted by molar-refractivity contribution is 7.99. The predicted octanol–water partition coefficient (Wildman–Crippen LogP) is 1.67. The van der Waals surface area contributed by atoms with Crippen molar-refractivity contribution in [3.8, 4) is 0 Å². The average Bonchev–Trinajstić information content (AvgIpc) is 2.46. The third-order valence-corrected chi connectivity index (χ3v) is 5.09. The molecule has 2 atom stereocenters. The topological polar surface area (TPSA) is 67.6 Å². The first kappa shape index (κ1) is 19.7. The summed E-state index contributed by atoms with van der Waals surface area (Å²) in [4.78, 5) is 14.8. The molecule has 130 valence electrons. The number of nitrogens with zero attached hydrogens (tertiary/aromatic N) is 1. The third-order valence-electron chi connectivity index (χ3n) is 4.08. The maximum Gasteiger partial charge on any atom is 0.324 e. The van der Waals surface area contributed by atoms with E-state index in [4.69, 9.17) is 10.5 Å². The molecule has 0 bridgehead atoms. The summed E-state index contributed by atoms with van der Waals surface area (Å²) in [5.41, 5.74) is 5.28. The number of rotatable bonds is 7. The number of esters is 1. The molecule has 1 aliphatic heterocycles. The smallest absolute Gasteiger partial charge is 0.324 e. The molecule has 1 fully saturated rings. The van der Waals surface area contributed by atoms with E-state index < -0.39 is 5.60 Å². The van der Waals surface area contributed by atoms with Crippen LogP contribution in [0, 0.1) is 5.92 Å². The van der Waals surface area contributed by atoms with Crippen LogP contribution in [0.25, 0.3) is 0 Å². The van der Waals surface area contributed by atoms with Gasteiger partial charge in [-0.25, -0.2) is 0 Å². The largest absolute Gasteiger partial charge is 0.459 e. The Labute approximate surface area is 139 Å². The lowest BCUT2D eigenvalue weighted by Gasteiger charge is -2.34. The van der Waals surface area contributed by atoms with E-state index in [0.717, 1.165) is 39.1 Å². The van der Waals surface area contributed by atoms with Crippen LogP contribution in [0.4, 0.5) is 0 Å². The molecule has 1 aliphatic rings. The van der Waals surface area contributed by atoms with Gasteiger partial charge >= 0.3 is 5.97 Å². The summed E-state index contributed by atoms with van der Waals surface area (Å²) in [7, 11) is 0. The van der Waals surface area contributed by atoms with Crippen molar-refractivity contribution in [2.45, 2.75) is 57.4 Å². The number of nitrogens with one attached hydrogen (secondary N) is 1. The van der Waals surface area contributed by atoms with Gasteiger partial charge in [-0.3, -0.25) is 15.0 Å². The molecule has 0 aliphatic carbocycles. The third kappa shape index (κ3) is 6.86. The van der Waals surface area contributed by atoms with Gasteiger partial charge in [0.1, 0.15) is 11.6 Å². The number of carbonyl (C=O) groups is 1. The van der Waals surface area contributed by atoms with Gasteiger partial charge in [0.05, 0.1) is 0 Å². The Morgan fingerprint density at radius 2 is 2.00 bits per heavy atom. The van der Waals surface area contributed by atoms with Crippen molar-refractivity contribution in [2.24, 2.45) is 11.7 Å². The Kier molecular flexibility index (Phi) is 8.17. The summed E-state index contributed by atoms with van der Waals surface area (Å²) < 4.78 is 5.55. The van der Waals surface area contributed by atoms with Gasteiger partial charge in [0.2, 0.25) is 0 Å². The SMILES string of the molecule is CS[C@H](C)[C@H](NCN1CCC(CN)CC1)C(=O)OC(C)(C)C. The van der Waals surface area contributed by atoms with Crippen molar-refractivity contribution in [3.05, 3.63) is 0 Å². The normalized spacial score (nSPS) is 20.6. The molecule has 0 unspecified atom stereocenters. The van der Waals surface area contributed by atoms with Crippen LogP contribution in [-0.4, -0.2) is 60.3 Å². The Balaban J connectivity index is 2.50. The van der Waals surface area contributed by atoms with E-state index in [-0.39, 0.29) is 17.3 Å². The summed E-state index contributed by atoms with van der Waals surface area (Å²) in [5, 5.41) is 3.57. The molecule has 0 aromatic carbocycles. The highest BCUT2D eigenvalue weighted by Gasteiger charge is 2.30. The van der Waals surface area contributed by atoms with E-state index >= 15 is 0 Å². The highest BCUT2D eigenvalue weighted by atomic mass is 32.2. The highest BCUT2D eigenvalue weighted by Crippen LogP contribution is 2.18. The second-order valence-electron chi connectivity index (χ2n) is 7.11. The molecular formula is C16H33N3O2S. The Bertz CT molecular complexity index is 339. The minimum absolute atomic E-state index is 0.161. The van der Waals surface area contributed by atoms with Crippen molar-refractivity contribution < 1.29 is 9.53 Å². The summed E-state index contributed by atoms with van der Waals surface area (Å²) >= 11 is 1.68. The van der Waals surface area contributed by atoms with Gasteiger partial charge in [-0.1, -0.05) is 6.92 Å². The van der Waals surface area contributed by atoms with Gasteiger partial charge in [0.25, 0.3) is 0 Å². The van der Waals surface area contributed by atoms with Crippen LogP contribution in [0.1, 0.15) is 40.5 Å². The fourth-order valence-corrected chi connectivity index (χ4v) is 3.03. The number of carbonyl (C=O) groups excluding carboxylic acids is 1. The zero-order valence-corrected chi connectivity index (χ0v) is 15.5. The van der Waals surface area contributed by atoms with Crippen LogP contribution in [0.3, 0.4) is 0 Å². The molecule has 0 aromatic heterocycles. The summed E-state index contributed by atoms with van der Waals surface area (Å²) in [6.45, 7) is 11.4. The zero-order chi connectivity index (χ0) is 16.8. The number of thioether (sulfide) groups is 1. The molecule has 0 amide bonds. The average molecular weight is 332 g/mol. The molecule has 1 saturated heterocycles. The molecule has 0 aromatic rings. The number of nitrogens with two attached hydrogens (primary N) is 1. The number of hydrogen-bond acceptors (Lipinski definition) is 6. The molecule has 5 nitrogen and oxygen atoms in total. The maximum atomic E-state index is 12.4. The van der Waals surface area contributed by atoms with Crippen molar-refractivity contribution in [1.29, 1.82) is 0 Å². The van der Waals surface area contributed by atoms with E-state index in [9.17, 15) is 4.79 Å². The second kappa shape index (κ2) is 9.11. The number of likely N-dealkylation sites (tertiary alicyclic amines) is 1. The Morgan fingerprint density at radius 3 is 2.45 bits per heavy atom. The van der Waals surface area contributed by atoms with Crippen molar-refractivity contribution in [1.82, 2.24) is 10.2 Å². The summed E-state index contributed by atoms with van der Waals surface area (Å²) in [5.74, 6) is 0.495. The fraction of sp³-hybridized carbons (Fsp3) is 0.938. The van der Waals surface area contributed by atoms with Gasteiger partial charge in [-0.15, -0.1) is 0 Å². The monoisotopic (exact) mass is 331 g/mol. The van der Waals surface area contributed by atoms with E-state index in [1.165, 1.54) is 0 Å². The number of piperidine rings is 1. The minimum Gasteiger partial charge on any atom is -0.459 e. The summed E-state index contributed by atoms with van der Waals surface area (Å²) in [6, 6.07) is -0.276. The van der Waals surface area contributed by atoms with Crippen molar-refractivity contribution >= 4 is 17.7 Å². The molecule has 1 heterocycles. The Hall–Kier alpha value is -0.300. The zero-order valence-electron chi connectivity index (χ0n) is 14.7. The van der Waals surface area contributed by atoms with Crippen LogP contribution >= 0.6 is 11.8 Å². The van der Waals surface area contributed by atoms with Crippen molar-refractivity contribution in [3.63, 3.8) is 0 Å². The molecule has 0 spiro atoms. The van der Waals surface area contributed by atoms with Crippen LogP contribution in [0.2, 0.25) is 0 Å². The van der Waals surface area contributed by atoms with Crippen LogP contribution in [-0.2, 0) is 9.53 Å². The van der Waals surface area contributed by atoms with Crippen LogP contribution in [0.15, 0.2) is 0 Å². The first-order chi connectivity index (χ1) is 10.3. The van der Waals surface area contributed by atoms with E-state index in [2.05, 4.69) is 17.1 Å². The fourth-order valence-electron chi connectivity index (χ4n) is 2.55. The van der Waals surface area contributed by atoms with Gasteiger partial charge in [0, 0.05) is 11.9 Å². The lowest BCUT2D eigenvalue weighted by atomic mass is 9.97. The van der Waals surface area contributed by atoms with E-state index in [1.807, 2.05) is 27.0 Å². The number of ether oxygens (including phenoxy) is 1. The first-order valence-corrected chi connectivity index (χ1v) is 9.47. The molecule has 6 heteroatoms. The van der Waals surface area contributed by atoms with Crippen molar-refractivity contribution in [2.75, 3.05) is 32.6 Å². The lowest BCUT2D eigenvalue weighted by molar-refractivity contribution is -0.157. The van der Waals surface area contributed by atoms with Gasteiger partial charge in [0.15, 0.2) is 0 Å². The summed E-state index contributed by atoms with van der Waals surface area (Å²) in [6.07, 6.45) is 4.32. The molecule has 0 radical (unpaired) electrons. The quantitative estimate of drug-likeness (QED) is 0.692. The van der Waals surface area contributed by atoms with E-state index in [1.54, 1.807) is 11.8 Å². The molecule has 22 heavy (non-hydrogen) atoms. The van der Waals surface area contributed by atoms with Gasteiger partial charge in [-0.05, 0) is 65.4 Å². The second-order valence-corrected chi connectivity index (χ2v) is 8.33. The molecule has 0 saturated carbocycles. The molecule has 3 N–H and O–H groups in total. The lowest BCUT2D eigenvalue weighted by Crippen LogP contribution is -2.51. The molecular weight excluding hydrogens is 298 g/mol. The van der Waals surface area contributed by atoms with Crippen LogP contribution < -0.4 is 11.1 Å². The van der Waals surface area contributed by atoms with Crippen LogP contribution in [0.5, 0.6) is 0 Å². The maximum absolute atomic E-state index is 12.4. The first-order valence-electron chi connectivity index (χ1n) is 8.18. The van der Waals surface area contributed by atoms with Gasteiger partial charge in [-0.2, -0.15) is 11.8 Å². The molecule has 1 rings (SSSR count). The Morgan fingerprint density at radius 1 is 1.41 bits per heavy atom. The van der Waals surface area contributed by atoms with E-state index in [0.29, 0.717) is 5.92 Å².